The summed E-state index contributed by atoms with van der Waals surface area (Å²) in [5, 5.41) is 0. The second kappa shape index (κ2) is 1.70. The van der Waals surface area contributed by atoms with E-state index in [-0.39, 0.29) is 0 Å². The summed E-state index contributed by atoms with van der Waals surface area (Å²) >= 11 is 0. The molecule has 0 unspecified atom stereocenters. The maximum absolute atomic E-state index is 5.61. The Kier molecular flexibility index (Phi) is 0.887. The molecular formula is C6H7N4+. The molecule has 0 saturated heterocycles. The number of imidazole rings is 1. The van der Waals surface area contributed by atoms with Crippen LogP contribution in [-0.2, 0) is 0 Å². The number of nitrogens with one attached hydrogen (secondary N) is 2. The Morgan fingerprint density at radius 2 is 2.50 bits per heavy atom. The first-order chi connectivity index (χ1) is 4.88. The fraction of sp³-hybridized carbons (Fsp3) is 0. The van der Waals surface area contributed by atoms with Gasteiger partial charge in [-0.05, 0) is 6.07 Å². The quantitative estimate of drug-likeness (QED) is 0.532. The number of hydrogen-bond acceptors (Lipinski definition) is 2. The van der Waals surface area contributed by atoms with E-state index in [2.05, 4.69) is 15.0 Å². The largest absolute Gasteiger partial charge is 0.396 e. The van der Waals surface area contributed by atoms with Gasteiger partial charge in [-0.15, -0.1) is 4.98 Å². The number of nitrogen functional groups attached to an aromatic ring is 1. The topological polar surface area (TPSA) is 68.8 Å². The maximum Gasteiger partial charge on any atom is 0.301 e. The molecule has 0 fully saturated rings. The molecule has 0 aliphatic carbocycles. The van der Waals surface area contributed by atoms with Gasteiger partial charge in [-0.1, -0.05) is 0 Å². The highest BCUT2D eigenvalue weighted by Gasteiger charge is 2.04. The molecule has 0 spiro atoms. The summed E-state index contributed by atoms with van der Waals surface area (Å²) in [6.45, 7) is 0. The molecule has 2 aromatic heterocycles. The minimum absolute atomic E-state index is 0.714. The minimum atomic E-state index is 0.714. The first-order valence-electron chi connectivity index (χ1n) is 2.97. The summed E-state index contributed by atoms with van der Waals surface area (Å²) in [7, 11) is 0. The van der Waals surface area contributed by atoms with Crippen LogP contribution in [0.4, 0.5) is 5.69 Å². The molecule has 0 amide bonds. The van der Waals surface area contributed by atoms with Crippen LogP contribution in [-0.4, -0.2) is 9.97 Å². The average Bonchev–Trinajstić information content (AvgIpc) is 2.36. The van der Waals surface area contributed by atoms with Gasteiger partial charge in [0.15, 0.2) is 11.8 Å². The number of H-pyrrole nitrogens is 2. The van der Waals surface area contributed by atoms with E-state index in [9.17, 15) is 0 Å². The van der Waals surface area contributed by atoms with Crippen molar-refractivity contribution in [2.24, 2.45) is 0 Å². The SMILES string of the molecule is Nc1ccnc2[nH+]c[nH]c12. The van der Waals surface area contributed by atoms with Crippen molar-refractivity contribution in [2.75, 3.05) is 5.73 Å². The third-order valence-corrected chi connectivity index (χ3v) is 1.41. The van der Waals surface area contributed by atoms with Gasteiger partial charge >= 0.3 is 5.65 Å². The zero-order valence-electron chi connectivity index (χ0n) is 5.26. The van der Waals surface area contributed by atoms with Crippen molar-refractivity contribution < 1.29 is 4.98 Å². The van der Waals surface area contributed by atoms with Crippen molar-refractivity contribution in [3.05, 3.63) is 18.6 Å². The van der Waals surface area contributed by atoms with E-state index in [1.807, 2.05) is 0 Å². The number of fused-ring (bicyclic) bond motifs is 1. The van der Waals surface area contributed by atoms with Gasteiger partial charge in [-0.25, -0.2) is 4.98 Å². The van der Waals surface area contributed by atoms with Gasteiger partial charge in [0.05, 0.1) is 5.69 Å². The highest BCUT2D eigenvalue weighted by atomic mass is 15.0. The number of nitrogens with zero attached hydrogens (tertiary/aromatic N) is 1. The predicted molar refractivity (Wildman–Crippen MR) is 37.1 cm³/mol. The smallest absolute Gasteiger partial charge is 0.301 e. The van der Waals surface area contributed by atoms with Crippen LogP contribution in [0.15, 0.2) is 18.6 Å². The van der Waals surface area contributed by atoms with Crippen molar-refractivity contribution in [3.63, 3.8) is 0 Å². The van der Waals surface area contributed by atoms with Crippen LogP contribution in [0.1, 0.15) is 0 Å². The Hall–Kier alpha value is -1.58. The van der Waals surface area contributed by atoms with Crippen molar-refractivity contribution in [2.45, 2.75) is 0 Å². The van der Waals surface area contributed by atoms with Crippen LogP contribution in [0.25, 0.3) is 11.2 Å². The van der Waals surface area contributed by atoms with Gasteiger partial charge in [0.25, 0.3) is 0 Å². The van der Waals surface area contributed by atoms with Crippen molar-refractivity contribution >= 4 is 16.9 Å². The van der Waals surface area contributed by atoms with Gasteiger partial charge in [0, 0.05) is 0 Å². The predicted octanol–water partition coefficient (Wildman–Crippen LogP) is -0.0408. The molecule has 10 heavy (non-hydrogen) atoms. The van der Waals surface area contributed by atoms with Crippen LogP contribution in [0, 0.1) is 0 Å². The zero-order chi connectivity index (χ0) is 6.97. The number of hydrogen-bond donors (Lipinski definition) is 2. The van der Waals surface area contributed by atoms with Crippen molar-refractivity contribution in [1.29, 1.82) is 0 Å². The fourth-order valence-corrected chi connectivity index (χ4v) is 0.914. The van der Waals surface area contributed by atoms with Gasteiger partial charge in [0.2, 0.25) is 0 Å². The van der Waals surface area contributed by atoms with E-state index in [1.54, 1.807) is 18.6 Å². The molecule has 0 aromatic carbocycles. The number of nitrogens with two attached hydrogens (primary N) is 1. The molecule has 0 bridgehead atoms. The highest BCUT2D eigenvalue weighted by Crippen LogP contribution is 2.10. The molecular weight excluding hydrogens is 128 g/mol. The molecule has 4 heteroatoms. The molecule has 0 saturated carbocycles. The summed E-state index contributed by atoms with van der Waals surface area (Å²) in [6.07, 6.45) is 3.37. The summed E-state index contributed by atoms with van der Waals surface area (Å²) in [5.41, 5.74) is 7.98. The summed E-state index contributed by atoms with van der Waals surface area (Å²) in [4.78, 5) is 9.89. The van der Waals surface area contributed by atoms with E-state index in [0.29, 0.717) is 5.69 Å². The van der Waals surface area contributed by atoms with Gasteiger partial charge in [0.1, 0.15) is 6.20 Å². The summed E-state index contributed by atoms with van der Waals surface area (Å²) in [5.74, 6) is 0. The monoisotopic (exact) mass is 135 g/mol. The van der Waals surface area contributed by atoms with Crippen molar-refractivity contribution in [1.82, 2.24) is 9.97 Å². The molecule has 4 N–H and O–H groups in total. The van der Waals surface area contributed by atoms with Crippen LogP contribution in [0.3, 0.4) is 0 Å². The molecule has 0 atom stereocenters. The van der Waals surface area contributed by atoms with Crippen LogP contribution in [0.5, 0.6) is 0 Å². The number of rotatable bonds is 0. The van der Waals surface area contributed by atoms with Crippen LogP contribution < -0.4 is 10.7 Å². The molecule has 2 heterocycles. The Balaban J connectivity index is 2.95. The third kappa shape index (κ3) is 0.556. The Labute approximate surface area is 57.1 Å². The Bertz CT molecular complexity index is 351. The van der Waals surface area contributed by atoms with E-state index >= 15 is 0 Å². The third-order valence-electron chi connectivity index (χ3n) is 1.41. The number of aromatic amines is 2. The summed E-state index contributed by atoms with van der Waals surface area (Å²) in [6, 6.07) is 1.76. The molecule has 0 radical (unpaired) electrons. The second-order valence-corrected chi connectivity index (χ2v) is 2.06. The maximum atomic E-state index is 5.61. The second-order valence-electron chi connectivity index (χ2n) is 2.06. The first kappa shape index (κ1) is 5.22. The number of pyridine rings is 1. The van der Waals surface area contributed by atoms with Crippen LogP contribution in [0.2, 0.25) is 0 Å². The van der Waals surface area contributed by atoms with E-state index in [0.717, 1.165) is 11.2 Å². The number of aromatic nitrogens is 3. The van der Waals surface area contributed by atoms with Gasteiger partial charge in [-0.2, -0.15) is 0 Å². The Morgan fingerprint density at radius 3 is 3.30 bits per heavy atom. The molecule has 0 aliphatic rings. The zero-order valence-corrected chi connectivity index (χ0v) is 5.26. The normalized spacial score (nSPS) is 10.4. The lowest BCUT2D eigenvalue weighted by molar-refractivity contribution is -0.347. The Morgan fingerprint density at radius 1 is 1.60 bits per heavy atom. The lowest BCUT2D eigenvalue weighted by Gasteiger charge is -1.84. The molecule has 0 aliphatic heterocycles. The molecule has 4 nitrogen and oxygen atoms in total. The van der Waals surface area contributed by atoms with Crippen molar-refractivity contribution in [3.8, 4) is 0 Å². The highest BCUT2D eigenvalue weighted by molar-refractivity contribution is 5.80. The minimum Gasteiger partial charge on any atom is -0.396 e. The molecule has 50 valence electrons. The van der Waals surface area contributed by atoms with E-state index in [1.165, 1.54) is 0 Å². The molecule has 2 aromatic rings. The lowest BCUT2D eigenvalue weighted by Crippen LogP contribution is -1.97. The van der Waals surface area contributed by atoms with Crippen LogP contribution >= 0.6 is 0 Å². The first-order valence-corrected chi connectivity index (χ1v) is 2.97. The van der Waals surface area contributed by atoms with E-state index < -0.39 is 0 Å². The van der Waals surface area contributed by atoms with E-state index in [4.69, 9.17) is 5.73 Å². The fourth-order valence-electron chi connectivity index (χ4n) is 0.914. The van der Waals surface area contributed by atoms with Gasteiger partial charge in [-0.3, -0.25) is 4.98 Å². The van der Waals surface area contributed by atoms with Gasteiger partial charge < -0.3 is 5.73 Å². The summed E-state index contributed by atoms with van der Waals surface area (Å²) < 4.78 is 0. The average molecular weight is 135 g/mol. The molecule has 2 rings (SSSR count). The standard InChI is InChI=1S/C6H6N4/c7-4-1-2-8-6-5(4)9-3-10-6/h1-3H,(H3,7,8,9,10)/p+1. The lowest BCUT2D eigenvalue weighted by atomic mass is 10.4. The number of anilines is 1.